The first kappa shape index (κ1) is 60.6. The number of hydrogen-bond donors (Lipinski definition) is 12. The Morgan fingerprint density at radius 1 is 0.515 bits per heavy atom. The molecule has 68 heavy (non-hydrogen) atoms. The van der Waals surface area contributed by atoms with Crippen LogP contribution in [0.25, 0.3) is 0 Å². The number of rotatable bonds is 35. The van der Waals surface area contributed by atoms with Crippen molar-refractivity contribution in [3.05, 3.63) is 24.3 Å². The molecular weight excluding hydrogens is 891 g/mol. The number of ether oxygens (including phenoxy) is 6. The molecule has 17 unspecified atom stereocenters. The first-order valence-corrected chi connectivity index (χ1v) is 25.6. The van der Waals surface area contributed by atoms with Crippen molar-refractivity contribution in [3.8, 4) is 0 Å². The van der Waals surface area contributed by atoms with Crippen LogP contribution in [0.15, 0.2) is 24.3 Å². The number of carbonyl (C=O) groups is 1. The van der Waals surface area contributed by atoms with Crippen molar-refractivity contribution in [1.29, 1.82) is 0 Å². The maximum absolute atomic E-state index is 13.1. The third kappa shape index (κ3) is 20.4. The summed E-state index contributed by atoms with van der Waals surface area (Å²) in [6.07, 6.45) is 3.61. The van der Waals surface area contributed by atoms with Crippen molar-refractivity contribution in [2.75, 3.05) is 26.4 Å². The summed E-state index contributed by atoms with van der Waals surface area (Å²) in [6, 6.07) is -0.981. The molecule has 0 aromatic rings. The fourth-order valence-corrected chi connectivity index (χ4v) is 8.67. The average Bonchev–Trinajstić information content (AvgIpc) is 3.33. The van der Waals surface area contributed by atoms with Crippen LogP contribution in [0.2, 0.25) is 0 Å². The van der Waals surface area contributed by atoms with Gasteiger partial charge in [0.05, 0.1) is 38.6 Å². The van der Waals surface area contributed by atoms with Crippen LogP contribution in [0.3, 0.4) is 0 Å². The van der Waals surface area contributed by atoms with E-state index in [4.69, 9.17) is 28.4 Å². The molecule has 3 aliphatic rings. The Bertz CT molecular complexity index is 1360. The number of aliphatic hydroxyl groups excluding tert-OH is 11. The quantitative estimate of drug-likeness (QED) is 0.0317. The lowest BCUT2D eigenvalue weighted by Gasteiger charge is -2.48. The Morgan fingerprint density at radius 3 is 1.47 bits per heavy atom. The molecule has 12 N–H and O–H groups in total. The average molecular weight is 980 g/mol. The lowest BCUT2D eigenvalue weighted by atomic mass is 9.96. The Balaban J connectivity index is 1.56. The summed E-state index contributed by atoms with van der Waals surface area (Å²) in [7, 11) is 0. The Hall–Kier alpha value is -1.73. The maximum atomic E-state index is 13.1. The maximum Gasteiger partial charge on any atom is 0.220 e. The van der Waals surface area contributed by atoms with E-state index in [9.17, 15) is 61.0 Å². The lowest BCUT2D eigenvalue weighted by Crippen LogP contribution is -2.66. The molecule has 0 radical (unpaired) electrons. The van der Waals surface area contributed by atoms with Gasteiger partial charge in [0.1, 0.15) is 73.2 Å². The molecule has 3 rings (SSSR count). The molecule has 3 heterocycles. The first-order valence-electron chi connectivity index (χ1n) is 25.6. The normalized spacial score (nSPS) is 33.3. The number of hydrogen-bond acceptors (Lipinski definition) is 18. The molecule has 0 aromatic carbocycles. The van der Waals surface area contributed by atoms with Crippen molar-refractivity contribution < 1.29 is 89.4 Å². The SMILES string of the molecule is CCCCCCCCCCCC/C=C/CC/C=C/C(O)C(COC1OC(CO)C(OC2OC(CO)C(OC3OC(CO)C(O)C(O)C3O)C(O)C2O)C(O)C1O)NC(=O)CCCCCCCCC. The number of unbranched alkanes of at least 4 members (excludes halogenated alkanes) is 17. The predicted octanol–water partition coefficient (Wildman–Crippen LogP) is 1.64. The van der Waals surface area contributed by atoms with Gasteiger partial charge in [0.2, 0.25) is 5.91 Å². The lowest BCUT2D eigenvalue weighted by molar-refractivity contribution is -0.379. The fourth-order valence-electron chi connectivity index (χ4n) is 8.67. The van der Waals surface area contributed by atoms with E-state index in [0.717, 1.165) is 51.4 Å². The molecule has 19 heteroatoms. The van der Waals surface area contributed by atoms with E-state index in [2.05, 4.69) is 31.3 Å². The van der Waals surface area contributed by atoms with Crippen molar-refractivity contribution in [2.45, 2.75) is 253 Å². The molecule has 19 nitrogen and oxygen atoms in total. The van der Waals surface area contributed by atoms with Crippen LogP contribution in [0.5, 0.6) is 0 Å². The smallest absolute Gasteiger partial charge is 0.220 e. The summed E-state index contributed by atoms with van der Waals surface area (Å²) in [4.78, 5) is 13.1. The monoisotopic (exact) mass is 980 g/mol. The number of amides is 1. The highest BCUT2D eigenvalue weighted by molar-refractivity contribution is 5.76. The molecule has 3 aliphatic heterocycles. The third-order valence-electron chi connectivity index (χ3n) is 13.0. The molecule has 17 atom stereocenters. The zero-order chi connectivity index (χ0) is 49.8. The van der Waals surface area contributed by atoms with E-state index in [1.54, 1.807) is 6.08 Å². The van der Waals surface area contributed by atoms with E-state index in [1.165, 1.54) is 64.2 Å². The largest absolute Gasteiger partial charge is 0.394 e. The van der Waals surface area contributed by atoms with Crippen molar-refractivity contribution in [2.24, 2.45) is 0 Å². The summed E-state index contributed by atoms with van der Waals surface area (Å²) >= 11 is 0. The zero-order valence-corrected chi connectivity index (χ0v) is 40.6. The zero-order valence-electron chi connectivity index (χ0n) is 40.6. The van der Waals surface area contributed by atoms with Gasteiger partial charge in [-0.25, -0.2) is 0 Å². The Labute approximate surface area is 403 Å². The number of carbonyl (C=O) groups excluding carboxylic acids is 1. The molecule has 0 saturated carbocycles. The van der Waals surface area contributed by atoms with Crippen LogP contribution < -0.4 is 5.32 Å². The minimum Gasteiger partial charge on any atom is -0.394 e. The van der Waals surface area contributed by atoms with Gasteiger partial charge in [0.25, 0.3) is 0 Å². The Kier molecular flexibility index (Phi) is 30.8. The summed E-state index contributed by atoms with van der Waals surface area (Å²) in [5.74, 6) is -0.295. The molecule has 0 spiro atoms. The topological polar surface area (TPSA) is 307 Å². The molecule has 3 saturated heterocycles. The molecule has 0 bridgehead atoms. The summed E-state index contributed by atoms with van der Waals surface area (Å²) in [5.41, 5.74) is 0. The van der Waals surface area contributed by atoms with Crippen LogP contribution in [0, 0.1) is 0 Å². The molecule has 1 amide bonds. The highest BCUT2D eigenvalue weighted by Gasteiger charge is 2.53. The van der Waals surface area contributed by atoms with Gasteiger partial charge in [-0.1, -0.05) is 134 Å². The summed E-state index contributed by atoms with van der Waals surface area (Å²) in [6.45, 7) is 1.60. The Morgan fingerprint density at radius 2 is 0.941 bits per heavy atom. The molecule has 398 valence electrons. The predicted molar refractivity (Wildman–Crippen MR) is 250 cm³/mol. The second-order valence-electron chi connectivity index (χ2n) is 18.6. The van der Waals surface area contributed by atoms with Gasteiger partial charge >= 0.3 is 0 Å². The number of allylic oxidation sites excluding steroid dienone is 3. The third-order valence-corrected chi connectivity index (χ3v) is 13.0. The van der Waals surface area contributed by atoms with Crippen LogP contribution in [-0.4, -0.2) is 193 Å². The van der Waals surface area contributed by atoms with E-state index in [-0.39, 0.29) is 18.9 Å². The fraction of sp³-hybridized carbons (Fsp3) is 0.898. The van der Waals surface area contributed by atoms with Crippen LogP contribution in [0.4, 0.5) is 0 Å². The molecule has 0 aliphatic carbocycles. The molecular formula is C49H89NO18. The first-order chi connectivity index (χ1) is 32.8. The second kappa shape index (κ2) is 34.6. The van der Waals surface area contributed by atoms with Crippen molar-refractivity contribution in [3.63, 3.8) is 0 Å². The van der Waals surface area contributed by atoms with Crippen molar-refractivity contribution >= 4 is 5.91 Å². The van der Waals surface area contributed by atoms with Crippen LogP contribution in [0.1, 0.15) is 149 Å². The van der Waals surface area contributed by atoms with Gasteiger partial charge in [-0.15, -0.1) is 0 Å². The van der Waals surface area contributed by atoms with Gasteiger partial charge in [-0.2, -0.15) is 0 Å². The number of aliphatic hydroxyl groups is 11. The molecule has 3 fully saturated rings. The highest BCUT2D eigenvalue weighted by atomic mass is 16.8. The summed E-state index contributed by atoms with van der Waals surface area (Å²) < 4.78 is 34.0. The van der Waals surface area contributed by atoms with E-state index in [0.29, 0.717) is 12.8 Å². The van der Waals surface area contributed by atoms with Gasteiger partial charge in [-0.05, 0) is 32.1 Å². The standard InChI is InChI=1S/C49H89NO18/c1-3-5-7-9-11-12-13-14-15-16-17-18-19-21-22-24-26-33(54)32(50-37(55)27-25-23-20-10-8-6-4-2)31-63-47-43(61)40(58)45(35(29-52)65-47)68-49-44(62)41(59)46(36(30-53)66-49)67-48-42(60)39(57)38(56)34(28-51)64-48/h18-19,24,26,32-36,38-49,51-54,56-62H,3-17,20-23,25,27-31H2,1-2H3,(H,50,55)/b19-18+,26-24+. The van der Waals surface area contributed by atoms with Crippen LogP contribution >= 0.6 is 0 Å². The number of nitrogens with one attached hydrogen (secondary N) is 1. The van der Waals surface area contributed by atoms with Gasteiger partial charge in [0, 0.05) is 6.42 Å². The van der Waals surface area contributed by atoms with Gasteiger partial charge in [-0.3, -0.25) is 4.79 Å². The van der Waals surface area contributed by atoms with Crippen molar-refractivity contribution in [1.82, 2.24) is 5.32 Å². The minimum atomic E-state index is -1.98. The second-order valence-corrected chi connectivity index (χ2v) is 18.6. The minimum absolute atomic E-state index is 0.235. The molecule has 0 aromatic heterocycles. The highest BCUT2D eigenvalue weighted by Crippen LogP contribution is 2.33. The van der Waals surface area contributed by atoms with Gasteiger partial charge < -0.3 is 89.9 Å². The van der Waals surface area contributed by atoms with Gasteiger partial charge in [0.15, 0.2) is 18.9 Å². The van der Waals surface area contributed by atoms with Crippen LogP contribution in [-0.2, 0) is 33.2 Å². The van der Waals surface area contributed by atoms with E-state index < -0.39 is 124 Å². The van der Waals surface area contributed by atoms with E-state index >= 15 is 0 Å². The summed E-state index contributed by atoms with van der Waals surface area (Å²) in [5, 5.41) is 119. The van der Waals surface area contributed by atoms with E-state index in [1.807, 2.05) is 6.08 Å².